The molecule has 0 aromatic carbocycles. The van der Waals surface area contributed by atoms with Crippen molar-refractivity contribution in [2.24, 2.45) is 0 Å². The fourth-order valence-corrected chi connectivity index (χ4v) is 0.256. The van der Waals surface area contributed by atoms with Crippen molar-refractivity contribution in [3.05, 3.63) is 12.3 Å². The highest BCUT2D eigenvalue weighted by Crippen LogP contribution is 1.81. The highest BCUT2D eigenvalue weighted by molar-refractivity contribution is 7.81. The lowest BCUT2D eigenvalue weighted by Crippen LogP contribution is -1.99. The van der Waals surface area contributed by atoms with E-state index in [0.29, 0.717) is 0 Å². The number of carbonyl (C=O) groups excluding carboxylic acids is 1. The predicted octanol–water partition coefficient (Wildman–Crippen LogP) is 0.993. The third kappa shape index (κ3) is 3.74. The van der Waals surface area contributed by atoms with Crippen LogP contribution in [0.25, 0.3) is 0 Å². The Kier molecular flexibility index (Phi) is 4.45. The van der Waals surface area contributed by atoms with E-state index in [0.717, 1.165) is 0 Å². The number of rotatable bonds is 2. The molecular weight excluding hydrogens is 124 g/mol. The van der Waals surface area contributed by atoms with Crippen LogP contribution < -0.4 is 0 Å². The lowest BCUT2D eigenvalue weighted by molar-refractivity contribution is -0.134. The Balaban J connectivity index is 3.25. The number of thiol groups is 1. The number of hydrogen-bond donors (Lipinski definition) is 1. The van der Waals surface area contributed by atoms with Crippen LogP contribution in [0.4, 0.5) is 0 Å². The van der Waals surface area contributed by atoms with E-state index in [-0.39, 0.29) is 11.7 Å². The molecule has 0 fully saturated rings. The van der Waals surface area contributed by atoms with Crippen LogP contribution in [0.1, 0.15) is 6.92 Å². The Hall–Kier alpha value is -0.440. The molecule has 8 heavy (non-hydrogen) atoms. The Morgan fingerprint density at radius 3 is 2.88 bits per heavy atom. The van der Waals surface area contributed by atoms with Gasteiger partial charge in [-0.05, 0) is 6.92 Å². The van der Waals surface area contributed by atoms with Gasteiger partial charge in [-0.1, -0.05) is 6.08 Å². The average molecular weight is 132 g/mol. The number of ether oxygens (including phenoxy) is 1. The molecular formula is C5H8O2S. The summed E-state index contributed by atoms with van der Waals surface area (Å²) in [5, 5.41) is 0. The van der Waals surface area contributed by atoms with Gasteiger partial charge in [-0.25, -0.2) is 0 Å². The minimum absolute atomic E-state index is 0.129. The molecule has 0 bridgehead atoms. The second-order valence-electron chi connectivity index (χ2n) is 1.12. The Labute approximate surface area is 53.9 Å². The van der Waals surface area contributed by atoms with Gasteiger partial charge in [0.05, 0.1) is 12.0 Å². The number of hydrogen-bond acceptors (Lipinski definition) is 3. The third-order valence-corrected chi connectivity index (χ3v) is 0.723. The van der Waals surface area contributed by atoms with Crippen molar-refractivity contribution in [3.8, 4) is 0 Å². The molecule has 0 aliphatic rings. The smallest absolute Gasteiger partial charge is 0.320 e. The first-order chi connectivity index (χ1) is 3.81. The average Bonchev–Trinajstić information content (AvgIpc) is 1.83. The molecule has 3 heteroatoms. The lowest BCUT2D eigenvalue weighted by Gasteiger charge is -1.89. The largest absolute Gasteiger partial charge is 0.434 e. The van der Waals surface area contributed by atoms with Crippen LogP contribution in [0.15, 0.2) is 12.3 Å². The Morgan fingerprint density at radius 2 is 2.50 bits per heavy atom. The van der Waals surface area contributed by atoms with Crippen LogP contribution in [-0.4, -0.2) is 11.7 Å². The molecule has 0 saturated heterocycles. The lowest BCUT2D eigenvalue weighted by atomic mass is 10.7. The maximum absolute atomic E-state index is 10.2. The van der Waals surface area contributed by atoms with Crippen LogP contribution in [0, 0.1) is 0 Å². The van der Waals surface area contributed by atoms with E-state index >= 15 is 0 Å². The molecule has 0 spiro atoms. The van der Waals surface area contributed by atoms with Gasteiger partial charge >= 0.3 is 5.97 Å². The van der Waals surface area contributed by atoms with Crippen molar-refractivity contribution in [1.82, 2.24) is 0 Å². The zero-order valence-corrected chi connectivity index (χ0v) is 5.52. The molecule has 2 nitrogen and oxygen atoms in total. The summed E-state index contributed by atoms with van der Waals surface area (Å²) in [4.78, 5) is 10.2. The molecule has 0 amide bonds. The monoisotopic (exact) mass is 132 g/mol. The maximum atomic E-state index is 10.2. The zero-order valence-electron chi connectivity index (χ0n) is 4.63. The first-order valence-corrected chi connectivity index (χ1v) is 2.86. The van der Waals surface area contributed by atoms with Gasteiger partial charge in [-0.2, -0.15) is 12.6 Å². The van der Waals surface area contributed by atoms with E-state index in [1.807, 2.05) is 0 Å². The first-order valence-electron chi connectivity index (χ1n) is 2.22. The number of carbonyl (C=O) groups is 1. The molecule has 0 N–H and O–H groups in total. The van der Waals surface area contributed by atoms with Crippen molar-refractivity contribution in [1.29, 1.82) is 0 Å². The SMILES string of the molecule is C/C=C\OC(=O)CS. The Bertz CT molecular complexity index is 98.6. The van der Waals surface area contributed by atoms with E-state index in [1.54, 1.807) is 13.0 Å². The second-order valence-corrected chi connectivity index (χ2v) is 1.43. The number of allylic oxidation sites excluding steroid dienone is 1. The fraction of sp³-hybridized carbons (Fsp3) is 0.400. The van der Waals surface area contributed by atoms with Gasteiger partial charge in [-0.3, -0.25) is 4.79 Å². The standard InChI is InChI=1S/C5H8O2S/c1-2-3-7-5(6)4-8/h2-3,8H,4H2,1H3/b3-2-. The summed E-state index contributed by atoms with van der Waals surface area (Å²) in [6.45, 7) is 1.77. The van der Waals surface area contributed by atoms with Gasteiger partial charge in [0, 0.05) is 0 Å². The molecule has 0 radical (unpaired) electrons. The zero-order chi connectivity index (χ0) is 6.41. The molecule has 0 saturated carbocycles. The van der Waals surface area contributed by atoms with E-state index in [2.05, 4.69) is 17.4 Å². The molecule has 0 rings (SSSR count). The molecule has 46 valence electrons. The number of esters is 1. The quantitative estimate of drug-likeness (QED) is 0.344. The highest BCUT2D eigenvalue weighted by Gasteiger charge is 1.91. The van der Waals surface area contributed by atoms with Crippen molar-refractivity contribution in [2.75, 3.05) is 5.75 Å². The predicted molar refractivity (Wildman–Crippen MR) is 34.8 cm³/mol. The van der Waals surface area contributed by atoms with Crippen LogP contribution in [0.5, 0.6) is 0 Å². The molecule has 0 heterocycles. The van der Waals surface area contributed by atoms with Gasteiger partial charge in [0.2, 0.25) is 0 Å². The molecule has 0 aromatic heterocycles. The summed E-state index contributed by atoms with van der Waals surface area (Å²) in [7, 11) is 0. The van der Waals surface area contributed by atoms with Crippen molar-refractivity contribution in [3.63, 3.8) is 0 Å². The summed E-state index contributed by atoms with van der Waals surface area (Å²) in [5.74, 6) is -0.198. The van der Waals surface area contributed by atoms with Gasteiger partial charge in [-0.15, -0.1) is 0 Å². The summed E-state index contributed by atoms with van der Waals surface area (Å²) in [6.07, 6.45) is 2.97. The first kappa shape index (κ1) is 7.56. The van der Waals surface area contributed by atoms with Crippen LogP contribution in [0.3, 0.4) is 0 Å². The minimum Gasteiger partial charge on any atom is -0.434 e. The maximum Gasteiger partial charge on any atom is 0.320 e. The van der Waals surface area contributed by atoms with Crippen LogP contribution in [0.2, 0.25) is 0 Å². The van der Waals surface area contributed by atoms with Crippen LogP contribution >= 0.6 is 12.6 Å². The summed E-state index contributed by atoms with van der Waals surface area (Å²) in [5.41, 5.74) is 0. The molecule has 0 unspecified atom stereocenters. The molecule has 0 aliphatic heterocycles. The molecule has 0 aliphatic carbocycles. The Morgan fingerprint density at radius 1 is 1.88 bits per heavy atom. The second kappa shape index (κ2) is 4.71. The fourth-order valence-electron chi connectivity index (χ4n) is 0.181. The normalized spacial score (nSPS) is 9.75. The highest BCUT2D eigenvalue weighted by atomic mass is 32.1. The van der Waals surface area contributed by atoms with Gasteiger partial charge < -0.3 is 4.74 Å². The van der Waals surface area contributed by atoms with E-state index in [4.69, 9.17) is 0 Å². The van der Waals surface area contributed by atoms with Gasteiger partial charge in [0.25, 0.3) is 0 Å². The van der Waals surface area contributed by atoms with E-state index < -0.39 is 0 Å². The van der Waals surface area contributed by atoms with Crippen molar-refractivity contribution in [2.45, 2.75) is 6.92 Å². The van der Waals surface area contributed by atoms with Crippen molar-refractivity contribution >= 4 is 18.6 Å². The van der Waals surface area contributed by atoms with Crippen molar-refractivity contribution < 1.29 is 9.53 Å². The third-order valence-electron chi connectivity index (χ3n) is 0.465. The summed E-state index contributed by atoms with van der Waals surface area (Å²) >= 11 is 3.68. The van der Waals surface area contributed by atoms with E-state index in [1.165, 1.54) is 6.26 Å². The summed E-state index contributed by atoms with van der Waals surface area (Å²) < 4.78 is 4.44. The molecule has 0 aromatic rings. The van der Waals surface area contributed by atoms with Gasteiger partial charge in [0.1, 0.15) is 0 Å². The van der Waals surface area contributed by atoms with E-state index in [9.17, 15) is 4.79 Å². The minimum atomic E-state index is -0.327. The summed E-state index contributed by atoms with van der Waals surface area (Å²) in [6, 6.07) is 0. The topological polar surface area (TPSA) is 26.3 Å². The van der Waals surface area contributed by atoms with Crippen LogP contribution in [-0.2, 0) is 9.53 Å². The van der Waals surface area contributed by atoms with Gasteiger partial charge in [0.15, 0.2) is 0 Å². The molecule has 0 atom stereocenters.